The maximum atomic E-state index is 11.3. The quantitative estimate of drug-likeness (QED) is 0.807. The van der Waals surface area contributed by atoms with E-state index in [1.807, 2.05) is 26.0 Å². The van der Waals surface area contributed by atoms with Crippen molar-refractivity contribution in [1.82, 2.24) is 10.3 Å². The van der Waals surface area contributed by atoms with Gasteiger partial charge in [0.25, 0.3) is 0 Å². The molecule has 17 heavy (non-hydrogen) atoms. The third-order valence-corrected chi connectivity index (χ3v) is 1.95. The van der Waals surface area contributed by atoms with Gasteiger partial charge in [0.15, 0.2) is 0 Å². The summed E-state index contributed by atoms with van der Waals surface area (Å²) < 4.78 is 10.3. The minimum atomic E-state index is -0.160. The third-order valence-electron chi connectivity index (χ3n) is 1.95. The van der Waals surface area contributed by atoms with E-state index in [0.29, 0.717) is 12.4 Å². The van der Waals surface area contributed by atoms with E-state index in [-0.39, 0.29) is 18.6 Å². The van der Waals surface area contributed by atoms with E-state index in [1.165, 1.54) is 7.11 Å². The van der Waals surface area contributed by atoms with Gasteiger partial charge in [0.1, 0.15) is 6.61 Å². The van der Waals surface area contributed by atoms with E-state index in [9.17, 15) is 4.79 Å². The molecule has 1 rings (SSSR count). The average molecular weight is 238 g/mol. The SMILES string of the molecule is COCC(=O)NCc1cccnc1OC(C)C. The fraction of sp³-hybridized carbons (Fsp3) is 0.500. The Balaban J connectivity index is 2.60. The smallest absolute Gasteiger partial charge is 0.246 e. The lowest BCUT2D eigenvalue weighted by atomic mass is 10.2. The summed E-state index contributed by atoms with van der Waals surface area (Å²) in [6.07, 6.45) is 1.72. The monoisotopic (exact) mass is 238 g/mol. The van der Waals surface area contributed by atoms with Crippen LogP contribution in [0.1, 0.15) is 19.4 Å². The molecule has 5 heteroatoms. The van der Waals surface area contributed by atoms with E-state index in [2.05, 4.69) is 10.3 Å². The van der Waals surface area contributed by atoms with E-state index in [0.717, 1.165) is 5.56 Å². The number of hydrogen-bond donors (Lipinski definition) is 1. The van der Waals surface area contributed by atoms with Crippen molar-refractivity contribution in [2.45, 2.75) is 26.5 Å². The van der Waals surface area contributed by atoms with Gasteiger partial charge in [-0.25, -0.2) is 4.98 Å². The Morgan fingerprint density at radius 1 is 1.53 bits per heavy atom. The number of hydrogen-bond acceptors (Lipinski definition) is 4. The van der Waals surface area contributed by atoms with Crippen LogP contribution in [0.4, 0.5) is 0 Å². The number of methoxy groups -OCH3 is 1. The van der Waals surface area contributed by atoms with Crippen molar-refractivity contribution in [2.75, 3.05) is 13.7 Å². The van der Waals surface area contributed by atoms with Gasteiger partial charge in [0.05, 0.1) is 6.10 Å². The summed E-state index contributed by atoms with van der Waals surface area (Å²) in [6, 6.07) is 3.68. The van der Waals surface area contributed by atoms with Gasteiger partial charge in [-0.1, -0.05) is 6.07 Å². The molecule has 0 unspecified atom stereocenters. The molecule has 0 aliphatic heterocycles. The Hall–Kier alpha value is -1.62. The number of nitrogens with one attached hydrogen (secondary N) is 1. The molecule has 0 spiro atoms. The van der Waals surface area contributed by atoms with Crippen LogP contribution in [-0.4, -0.2) is 30.7 Å². The zero-order valence-corrected chi connectivity index (χ0v) is 10.4. The standard InChI is InChI=1S/C12H18N2O3/c1-9(2)17-12-10(5-4-6-13-12)7-14-11(15)8-16-3/h4-6,9H,7-8H2,1-3H3,(H,14,15). The lowest BCUT2D eigenvalue weighted by molar-refractivity contribution is -0.124. The third kappa shape index (κ3) is 4.82. The Bertz CT molecular complexity index is 367. The van der Waals surface area contributed by atoms with Gasteiger partial charge in [-0.15, -0.1) is 0 Å². The molecular weight excluding hydrogens is 220 g/mol. The van der Waals surface area contributed by atoms with Crippen LogP contribution in [0.15, 0.2) is 18.3 Å². The van der Waals surface area contributed by atoms with Crippen LogP contribution in [0.5, 0.6) is 5.88 Å². The summed E-state index contributed by atoms with van der Waals surface area (Å²) in [5, 5.41) is 2.73. The molecule has 1 heterocycles. The molecular formula is C12H18N2O3. The Labute approximate surface area is 101 Å². The van der Waals surface area contributed by atoms with Crippen molar-refractivity contribution in [3.05, 3.63) is 23.9 Å². The first-order valence-corrected chi connectivity index (χ1v) is 5.49. The van der Waals surface area contributed by atoms with Gasteiger partial charge in [0, 0.05) is 25.4 Å². The molecule has 0 atom stereocenters. The van der Waals surface area contributed by atoms with Gasteiger partial charge in [-0.05, 0) is 19.9 Å². The number of carbonyl (C=O) groups excluding carboxylic acids is 1. The first kappa shape index (κ1) is 13.4. The topological polar surface area (TPSA) is 60.5 Å². The lowest BCUT2D eigenvalue weighted by Gasteiger charge is -2.13. The fourth-order valence-corrected chi connectivity index (χ4v) is 1.26. The van der Waals surface area contributed by atoms with Crippen LogP contribution >= 0.6 is 0 Å². The fourth-order valence-electron chi connectivity index (χ4n) is 1.26. The predicted molar refractivity (Wildman–Crippen MR) is 63.7 cm³/mol. The largest absolute Gasteiger partial charge is 0.475 e. The summed E-state index contributed by atoms with van der Waals surface area (Å²) in [5.74, 6) is 0.395. The van der Waals surface area contributed by atoms with Crippen molar-refractivity contribution in [1.29, 1.82) is 0 Å². The van der Waals surface area contributed by atoms with Crippen LogP contribution in [0.3, 0.4) is 0 Å². The highest BCUT2D eigenvalue weighted by Crippen LogP contribution is 2.15. The average Bonchev–Trinajstić information content (AvgIpc) is 2.27. The van der Waals surface area contributed by atoms with Crippen LogP contribution in [0.2, 0.25) is 0 Å². The molecule has 1 aromatic heterocycles. The normalized spacial score (nSPS) is 10.4. The summed E-state index contributed by atoms with van der Waals surface area (Å²) in [4.78, 5) is 15.4. The summed E-state index contributed by atoms with van der Waals surface area (Å²) in [6.45, 7) is 4.31. The van der Waals surface area contributed by atoms with Crippen LogP contribution in [0, 0.1) is 0 Å². The Morgan fingerprint density at radius 2 is 2.29 bits per heavy atom. The number of nitrogens with zero attached hydrogens (tertiary/aromatic N) is 1. The molecule has 0 aliphatic carbocycles. The van der Waals surface area contributed by atoms with E-state index in [1.54, 1.807) is 6.20 Å². The summed E-state index contributed by atoms with van der Waals surface area (Å²) >= 11 is 0. The molecule has 1 amide bonds. The summed E-state index contributed by atoms with van der Waals surface area (Å²) in [5.41, 5.74) is 0.852. The zero-order chi connectivity index (χ0) is 12.7. The highest BCUT2D eigenvalue weighted by atomic mass is 16.5. The molecule has 0 fully saturated rings. The lowest BCUT2D eigenvalue weighted by Crippen LogP contribution is -2.27. The molecule has 1 aromatic rings. The maximum absolute atomic E-state index is 11.3. The molecule has 0 aromatic carbocycles. The molecule has 0 radical (unpaired) electrons. The molecule has 0 saturated carbocycles. The van der Waals surface area contributed by atoms with E-state index < -0.39 is 0 Å². The van der Waals surface area contributed by atoms with Crippen molar-refractivity contribution in [2.24, 2.45) is 0 Å². The second-order valence-corrected chi connectivity index (χ2v) is 3.84. The van der Waals surface area contributed by atoms with Crippen molar-refractivity contribution < 1.29 is 14.3 Å². The molecule has 0 bridgehead atoms. The molecule has 94 valence electrons. The van der Waals surface area contributed by atoms with Gasteiger partial charge in [-0.2, -0.15) is 0 Å². The number of ether oxygens (including phenoxy) is 2. The van der Waals surface area contributed by atoms with Crippen LogP contribution in [0.25, 0.3) is 0 Å². The van der Waals surface area contributed by atoms with Gasteiger partial charge < -0.3 is 14.8 Å². The van der Waals surface area contributed by atoms with E-state index >= 15 is 0 Å². The molecule has 0 saturated heterocycles. The second kappa shape index (κ2) is 6.85. The highest BCUT2D eigenvalue weighted by Gasteiger charge is 2.07. The number of amides is 1. The van der Waals surface area contributed by atoms with Gasteiger partial charge in [-0.3, -0.25) is 4.79 Å². The number of rotatable bonds is 6. The summed E-state index contributed by atoms with van der Waals surface area (Å²) in [7, 11) is 1.48. The number of carbonyl (C=O) groups is 1. The van der Waals surface area contributed by atoms with Crippen LogP contribution < -0.4 is 10.1 Å². The maximum Gasteiger partial charge on any atom is 0.246 e. The van der Waals surface area contributed by atoms with Gasteiger partial charge >= 0.3 is 0 Å². The number of pyridine rings is 1. The van der Waals surface area contributed by atoms with Crippen molar-refractivity contribution >= 4 is 5.91 Å². The minimum Gasteiger partial charge on any atom is -0.475 e. The second-order valence-electron chi connectivity index (χ2n) is 3.84. The van der Waals surface area contributed by atoms with Crippen molar-refractivity contribution in [3.8, 4) is 5.88 Å². The molecule has 5 nitrogen and oxygen atoms in total. The van der Waals surface area contributed by atoms with E-state index in [4.69, 9.17) is 9.47 Å². The zero-order valence-electron chi connectivity index (χ0n) is 10.4. The molecule has 0 aliphatic rings. The number of aromatic nitrogens is 1. The Kier molecular flexibility index (Phi) is 5.42. The first-order valence-electron chi connectivity index (χ1n) is 5.49. The Morgan fingerprint density at radius 3 is 2.94 bits per heavy atom. The minimum absolute atomic E-state index is 0.0540. The van der Waals surface area contributed by atoms with Crippen LogP contribution in [-0.2, 0) is 16.1 Å². The highest BCUT2D eigenvalue weighted by molar-refractivity contribution is 5.77. The van der Waals surface area contributed by atoms with Crippen molar-refractivity contribution in [3.63, 3.8) is 0 Å². The molecule has 1 N–H and O–H groups in total. The predicted octanol–water partition coefficient (Wildman–Crippen LogP) is 1.13. The first-order chi connectivity index (χ1) is 8.13. The van der Waals surface area contributed by atoms with Gasteiger partial charge in [0.2, 0.25) is 11.8 Å².